The highest BCUT2D eigenvalue weighted by molar-refractivity contribution is 5.83. The Bertz CT molecular complexity index is 452. The van der Waals surface area contributed by atoms with Gasteiger partial charge in [-0.15, -0.1) is 0 Å². The van der Waals surface area contributed by atoms with Gasteiger partial charge >= 0.3 is 0 Å². The van der Waals surface area contributed by atoms with Gasteiger partial charge in [0.25, 0.3) is 0 Å². The molecule has 2 rings (SSSR count). The van der Waals surface area contributed by atoms with Gasteiger partial charge in [0, 0.05) is 19.5 Å². The predicted octanol–water partition coefficient (Wildman–Crippen LogP) is 0.224. The van der Waals surface area contributed by atoms with Crippen molar-refractivity contribution in [3.05, 3.63) is 11.7 Å². The summed E-state index contributed by atoms with van der Waals surface area (Å²) in [5.41, 5.74) is 3.84. The number of aromatic nitrogens is 2. The van der Waals surface area contributed by atoms with Crippen LogP contribution in [0.15, 0.2) is 4.52 Å². The Morgan fingerprint density at radius 3 is 2.80 bits per heavy atom. The van der Waals surface area contributed by atoms with E-state index in [0.29, 0.717) is 38.4 Å². The highest BCUT2D eigenvalue weighted by atomic mass is 16.5. The Kier molecular flexibility index (Phi) is 4.72. The predicted molar refractivity (Wildman–Crippen MR) is 71.6 cm³/mol. The lowest BCUT2D eigenvalue weighted by Gasteiger charge is -2.35. The van der Waals surface area contributed by atoms with Gasteiger partial charge in [0.15, 0.2) is 5.82 Å². The van der Waals surface area contributed by atoms with E-state index in [0.717, 1.165) is 25.1 Å². The van der Waals surface area contributed by atoms with Crippen molar-refractivity contribution in [2.75, 3.05) is 13.1 Å². The molecule has 1 aliphatic heterocycles. The average molecular weight is 282 g/mol. The van der Waals surface area contributed by atoms with Gasteiger partial charge in [-0.2, -0.15) is 4.98 Å². The van der Waals surface area contributed by atoms with Crippen LogP contribution in [0.5, 0.6) is 0 Å². The molecule has 1 amide bonds. The first-order chi connectivity index (χ1) is 9.53. The van der Waals surface area contributed by atoms with Crippen molar-refractivity contribution in [2.24, 2.45) is 5.73 Å². The number of hydrogen-bond acceptors (Lipinski definition) is 6. The van der Waals surface area contributed by atoms with Crippen LogP contribution in [-0.4, -0.2) is 44.7 Å². The number of nitrogens with two attached hydrogens (primary N) is 1. The SMILES string of the molecule is CCCCc1noc(CN2CCC(O)(C(N)=O)CC2)n1. The lowest BCUT2D eigenvalue weighted by atomic mass is 9.91. The van der Waals surface area contributed by atoms with Crippen LogP contribution in [0.3, 0.4) is 0 Å². The van der Waals surface area contributed by atoms with E-state index < -0.39 is 11.5 Å². The fourth-order valence-electron chi connectivity index (χ4n) is 2.31. The summed E-state index contributed by atoms with van der Waals surface area (Å²) < 4.78 is 5.21. The Balaban J connectivity index is 1.83. The van der Waals surface area contributed by atoms with Crippen molar-refractivity contribution < 1.29 is 14.4 Å². The Hall–Kier alpha value is -1.47. The molecule has 7 heteroatoms. The van der Waals surface area contributed by atoms with Gasteiger partial charge in [-0.05, 0) is 19.3 Å². The monoisotopic (exact) mass is 282 g/mol. The van der Waals surface area contributed by atoms with Gasteiger partial charge in [-0.25, -0.2) is 0 Å². The topological polar surface area (TPSA) is 105 Å². The molecule has 0 spiro atoms. The third kappa shape index (κ3) is 3.55. The van der Waals surface area contributed by atoms with Crippen LogP contribution in [0, 0.1) is 0 Å². The summed E-state index contributed by atoms with van der Waals surface area (Å²) in [4.78, 5) is 17.6. The van der Waals surface area contributed by atoms with E-state index in [1.807, 2.05) is 0 Å². The Morgan fingerprint density at radius 1 is 1.50 bits per heavy atom. The molecule has 1 saturated heterocycles. The normalized spacial score (nSPS) is 19.1. The van der Waals surface area contributed by atoms with Crippen molar-refractivity contribution in [1.82, 2.24) is 15.0 Å². The molecule has 0 aromatic carbocycles. The second kappa shape index (κ2) is 6.32. The van der Waals surface area contributed by atoms with Gasteiger partial charge in [-0.1, -0.05) is 18.5 Å². The number of rotatable bonds is 6. The molecule has 0 bridgehead atoms. The minimum Gasteiger partial charge on any atom is -0.380 e. The van der Waals surface area contributed by atoms with E-state index in [4.69, 9.17) is 10.3 Å². The first kappa shape index (κ1) is 14.9. The van der Waals surface area contributed by atoms with Crippen molar-refractivity contribution in [1.29, 1.82) is 0 Å². The molecule has 2 heterocycles. The summed E-state index contributed by atoms with van der Waals surface area (Å²) in [7, 11) is 0. The maximum atomic E-state index is 11.2. The summed E-state index contributed by atoms with van der Waals surface area (Å²) in [6.07, 6.45) is 3.68. The highest BCUT2D eigenvalue weighted by Crippen LogP contribution is 2.22. The molecule has 112 valence electrons. The molecule has 1 aliphatic rings. The molecule has 1 fully saturated rings. The summed E-state index contributed by atoms with van der Waals surface area (Å²) >= 11 is 0. The molecule has 1 aromatic rings. The maximum Gasteiger partial charge on any atom is 0.249 e. The number of carbonyl (C=O) groups excluding carboxylic acids is 1. The zero-order chi connectivity index (χ0) is 14.6. The van der Waals surface area contributed by atoms with Crippen molar-refractivity contribution >= 4 is 5.91 Å². The van der Waals surface area contributed by atoms with Gasteiger partial charge in [0.1, 0.15) is 5.60 Å². The number of carbonyl (C=O) groups is 1. The molecule has 3 N–H and O–H groups in total. The van der Waals surface area contributed by atoms with Crippen molar-refractivity contribution in [2.45, 2.75) is 51.2 Å². The Morgan fingerprint density at radius 2 is 2.20 bits per heavy atom. The van der Waals surface area contributed by atoms with Gasteiger partial charge < -0.3 is 15.4 Å². The molecular formula is C13H22N4O3. The van der Waals surface area contributed by atoms with E-state index in [9.17, 15) is 9.90 Å². The number of piperidine rings is 1. The number of amides is 1. The first-order valence-corrected chi connectivity index (χ1v) is 7.09. The van der Waals surface area contributed by atoms with Crippen LogP contribution in [0.25, 0.3) is 0 Å². The minimum atomic E-state index is -1.36. The van der Waals surface area contributed by atoms with Gasteiger partial charge in [-0.3, -0.25) is 9.69 Å². The van der Waals surface area contributed by atoms with Crippen LogP contribution >= 0.6 is 0 Å². The fraction of sp³-hybridized carbons (Fsp3) is 0.769. The van der Waals surface area contributed by atoms with Crippen LogP contribution < -0.4 is 5.73 Å². The van der Waals surface area contributed by atoms with Gasteiger partial charge in [0.2, 0.25) is 11.8 Å². The second-order valence-electron chi connectivity index (χ2n) is 5.38. The van der Waals surface area contributed by atoms with Crippen LogP contribution in [0.1, 0.15) is 44.3 Å². The third-order valence-corrected chi connectivity index (χ3v) is 3.76. The quantitative estimate of drug-likeness (QED) is 0.773. The second-order valence-corrected chi connectivity index (χ2v) is 5.38. The highest BCUT2D eigenvalue weighted by Gasteiger charge is 2.37. The van der Waals surface area contributed by atoms with E-state index in [1.165, 1.54) is 0 Å². The number of primary amides is 1. The zero-order valence-corrected chi connectivity index (χ0v) is 11.8. The van der Waals surface area contributed by atoms with Crippen LogP contribution in [0.2, 0.25) is 0 Å². The molecule has 0 atom stereocenters. The van der Waals surface area contributed by atoms with Crippen molar-refractivity contribution in [3.8, 4) is 0 Å². The molecule has 0 unspecified atom stereocenters. The van der Waals surface area contributed by atoms with Crippen molar-refractivity contribution in [3.63, 3.8) is 0 Å². The number of aryl methyl sites for hydroxylation is 1. The fourth-order valence-corrected chi connectivity index (χ4v) is 2.31. The van der Waals surface area contributed by atoms with E-state index >= 15 is 0 Å². The standard InChI is InChI=1S/C13H22N4O3/c1-2-3-4-10-15-11(20-16-10)9-17-7-5-13(19,6-8-17)12(14)18/h19H,2-9H2,1H3,(H2,14,18). The molecule has 20 heavy (non-hydrogen) atoms. The van der Waals surface area contributed by atoms with Crippen LogP contribution in [0.4, 0.5) is 0 Å². The smallest absolute Gasteiger partial charge is 0.249 e. The summed E-state index contributed by atoms with van der Waals surface area (Å²) in [6, 6.07) is 0. The largest absolute Gasteiger partial charge is 0.380 e. The van der Waals surface area contributed by atoms with Crippen LogP contribution in [-0.2, 0) is 17.8 Å². The summed E-state index contributed by atoms with van der Waals surface area (Å²) in [5, 5.41) is 13.9. The molecule has 1 aromatic heterocycles. The molecule has 0 radical (unpaired) electrons. The first-order valence-electron chi connectivity index (χ1n) is 7.09. The van der Waals surface area contributed by atoms with E-state index in [2.05, 4.69) is 22.0 Å². The number of aliphatic hydroxyl groups is 1. The molecule has 0 aliphatic carbocycles. The number of hydrogen-bond donors (Lipinski definition) is 2. The number of unbranched alkanes of at least 4 members (excludes halogenated alkanes) is 1. The number of nitrogens with zero attached hydrogens (tertiary/aromatic N) is 3. The van der Waals surface area contributed by atoms with Gasteiger partial charge in [0.05, 0.1) is 6.54 Å². The van der Waals surface area contributed by atoms with E-state index in [1.54, 1.807) is 0 Å². The lowest BCUT2D eigenvalue weighted by molar-refractivity contribution is -0.141. The summed E-state index contributed by atoms with van der Waals surface area (Å²) in [6.45, 7) is 3.85. The third-order valence-electron chi connectivity index (χ3n) is 3.76. The van der Waals surface area contributed by atoms with E-state index in [-0.39, 0.29) is 0 Å². The number of likely N-dealkylation sites (tertiary alicyclic amines) is 1. The lowest BCUT2D eigenvalue weighted by Crippen LogP contribution is -2.52. The Labute approximate surface area is 118 Å². The molecular weight excluding hydrogens is 260 g/mol. The molecule has 7 nitrogen and oxygen atoms in total. The average Bonchev–Trinajstić information content (AvgIpc) is 2.86. The summed E-state index contributed by atoms with van der Waals surface area (Å²) in [5.74, 6) is 0.685. The zero-order valence-electron chi connectivity index (χ0n) is 11.8. The minimum absolute atomic E-state index is 0.346. The molecule has 0 saturated carbocycles. The maximum absolute atomic E-state index is 11.2.